The predicted octanol–water partition coefficient (Wildman–Crippen LogP) is 1.02. The maximum Gasteiger partial charge on any atom is 0.325 e. The fourth-order valence-corrected chi connectivity index (χ4v) is 1.36. The minimum atomic E-state index is -1.25. The lowest BCUT2D eigenvalue weighted by Gasteiger charge is -2.14. The third-order valence-corrected chi connectivity index (χ3v) is 2.15. The first-order valence-corrected chi connectivity index (χ1v) is 4.94. The van der Waals surface area contributed by atoms with Crippen LogP contribution in [0, 0.1) is 5.82 Å². The van der Waals surface area contributed by atoms with Crippen molar-refractivity contribution in [2.45, 2.75) is 12.5 Å². The van der Waals surface area contributed by atoms with E-state index in [2.05, 4.69) is 5.32 Å². The number of nitrogens with one attached hydrogen (secondary N) is 1. The van der Waals surface area contributed by atoms with Crippen LogP contribution in [0.2, 0.25) is 0 Å². The molecule has 0 aliphatic heterocycles. The van der Waals surface area contributed by atoms with Gasteiger partial charge in [-0.25, -0.2) is 4.39 Å². The highest BCUT2D eigenvalue weighted by Crippen LogP contribution is 2.16. The third kappa shape index (κ3) is 3.84. The lowest BCUT2D eigenvalue weighted by Crippen LogP contribution is -2.31. The summed E-state index contributed by atoms with van der Waals surface area (Å²) in [5.41, 5.74) is -0.00890. The van der Waals surface area contributed by atoms with Gasteiger partial charge in [0.1, 0.15) is 11.9 Å². The van der Waals surface area contributed by atoms with Crippen LogP contribution in [0.25, 0.3) is 0 Å². The van der Waals surface area contributed by atoms with Crippen molar-refractivity contribution >= 4 is 11.9 Å². The third-order valence-electron chi connectivity index (χ3n) is 2.15. The van der Waals surface area contributed by atoms with Crippen molar-refractivity contribution in [3.63, 3.8) is 0 Å². The monoisotopic (exact) mass is 241 g/mol. The molecular weight excluding hydrogens is 229 g/mol. The Morgan fingerprint density at radius 3 is 2.47 bits per heavy atom. The fraction of sp³-hybridized carbons (Fsp3) is 0.273. The van der Waals surface area contributed by atoms with Gasteiger partial charge in [-0.3, -0.25) is 9.59 Å². The first kappa shape index (κ1) is 13.1. The standard InChI is InChI=1S/C11H12FNO4/c12-8-4-2-1-3-7(8)10(11(16)17)13-6-5-9(14)15/h1-4,10,13H,5-6H2,(H,14,15)(H,16,17). The summed E-state index contributed by atoms with van der Waals surface area (Å²) in [6.07, 6.45) is -0.224. The highest BCUT2D eigenvalue weighted by Gasteiger charge is 2.22. The van der Waals surface area contributed by atoms with Gasteiger partial charge in [-0.15, -0.1) is 0 Å². The molecule has 1 aromatic rings. The number of carboxylic acid groups (broad SMARTS) is 2. The molecule has 1 rings (SSSR count). The highest BCUT2D eigenvalue weighted by molar-refractivity contribution is 5.75. The average Bonchev–Trinajstić information content (AvgIpc) is 2.25. The molecule has 1 aromatic carbocycles. The van der Waals surface area contributed by atoms with E-state index in [1.165, 1.54) is 18.2 Å². The topological polar surface area (TPSA) is 86.6 Å². The molecule has 0 fully saturated rings. The number of hydrogen-bond donors (Lipinski definition) is 3. The van der Waals surface area contributed by atoms with Crippen molar-refractivity contribution in [3.8, 4) is 0 Å². The number of carbonyl (C=O) groups is 2. The molecule has 6 heteroatoms. The SMILES string of the molecule is O=C(O)CCNC(C(=O)O)c1ccccc1F. The molecule has 92 valence electrons. The van der Waals surface area contributed by atoms with Crippen molar-refractivity contribution in [1.29, 1.82) is 0 Å². The van der Waals surface area contributed by atoms with Crippen LogP contribution in [0.4, 0.5) is 4.39 Å². The van der Waals surface area contributed by atoms with Gasteiger partial charge in [-0.05, 0) is 6.07 Å². The molecule has 1 atom stereocenters. The normalized spacial score (nSPS) is 12.1. The van der Waals surface area contributed by atoms with Crippen molar-refractivity contribution < 1.29 is 24.2 Å². The summed E-state index contributed by atoms with van der Waals surface area (Å²) in [5, 5.41) is 19.9. The van der Waals surface area contributed by atoms with Crippen molar-refractivity contribution in [2.75, 3.05) is 6.54 Å². The van der Waals surface area contributed by atoms with Crippen molar-refractivity contribution in [2.24, 2.45) is 0 Å². The van der Waals surface area contributed by atoms with Gasteiger partial charge in [0, 0.05) is 12.1 Å². The Morgan fingerprint density at radius 2 is 1.94 bits per heavy atom. The van der Waals surface area contributed by atoms with Crippen molar-refractivity contribution in [3.05, 3.63) is 35.6 Å². The van der Waals surface area contributed by atoms with Crippen LogP contribution in [-0.4, -0.2) is 28.7 Å². The van der Waals surface area contributed by atoms with Crippen LogP contribution in [-0.2, 0) is 9.59 Å². The Labute approximate surface area is 96.9 Å². The molecule has 0 amide bonds. The summed E-state index contributed by atoms with van der Waals surface area (Å²) in [6, 6.07) is 4.24. The van der Waals surface area contributed by atoms with E-state index in [9.17, 15) is 14.0 Å². The molecule has 0 heterocycles. The van der Waals surface area contributed by atoms with Crippen LogP contribution in [0.15, 0.2) is 24.3 Å². The average molecular weight is 241 g/mol. The molecule has 0 saturated heterocycles. The Morgan fingerprint density at radius 1 is 1.29 bits per heavy atom. The van der Waals surface area contributed by atoms with E-state index in [1.54, 1.807) is 0 Å². The van der Waals surface area contributed by atoms with Gasteiger partial charge in [0.25, 0.3) is 0 Å². The van der Waals surface area contributed by atoms with Crippen LogP contribution in [0.3, 0.4) is 0 Å². The molecule has 0 aromatic heterocycles. The first-order valence-electron chi connectivity index (χ1n) is 4.94. The van der Waals surface area contributed by atoms with E-state index in [-0.39, 0.29) is 18.5 Å². The first-order chi connectivity index (χ1) is 8.02. The lowest BCUT2D eigenvalue weighted by molar-refractivity contribution is -0.141. The summed E-state index contributed by atoms with van der Waals surface area (Å²) >= 11 is 0. The smallest absolute Gasteiger partial charge is 0.325 e. The van der Waals surface area contributed by atoms with E-state index in [0.717, 1.165) is 6.07 Å². The van der Waals surface area contributed by atoms with E-state index in [0.29, 0.717) is 0 Å². The van der Waals surface area contributed by atoms with E-state index in [1.807, 2.05) is 0 Å². The van der Waals surface area contributed by atoms with Gasteiger partial charge in [0.2, 0.25) is 0 Å². The second-order valence-electron chi connectivity index (χ2n) is 3.39. The quantitative estimate of drug-likeness (QED) is 0.692. The van der Waals surface area contributed by atoms with Gasteiger partial charge < -0.3 is 15.5 Å². The summed E-state index contributed by atoms with van der Waals surface area (Å²) in [4.78, 5) is 21.2. The minimum absolute atomic E-state index is 0.00890. The van der Waals surface area contributed by atoms with Gasteiger partial charge in [-0.2, -0.15) is 0 Å². The number of rotatable bonds is 6. The largest absolute Gasteiger partial charge is 0.481 e. The van der Waals surface area contributed by atoms with Crippen molar-refractivity contribution in [1.82, 2.24) is 5.32 Å². The van der Waals surface area contributed by atoms with E-state index < -0.39 is 23.8 Å². The van der Waals surface area contributed by atoms with Crippen LogP contribution in [0.1, 0.15) is 18.0 Å². The van der Waals surface area contributed by atoms with Crippen LogP contribution in [0.5, 0.6) is 0 Å². The molecule has 0 radical (unpaired) electrons. The van der Waals surface area contributed by atoms with E-state index >= 15 is 0 Å². The molecule has 1 unspecified atom stereocenters. The molecule has 5 nitrogen and oxygen atoms in total. The van der Waals surface area contributed by atoms with Gasteiger partial charge in [0.15, 0.2) is 0 Å². The molecule has 17 heavy (non-hydrogen) atoms. The molecule has 3 N–H and O–H groups in total. The zero-order valence-electron chi connectivity index (χ0n) is 8.89. The zero-order valence-corrected chi connectivity index (χ0v) is 8.89. The molecule has 0 saturated carbocycles. The summed E-state index contributed by atoms with van der Waals surface area (Å²) in [5.74, 6) is -2.93. The molecule has 0 spiro atoms. The Kier molecular flexibility index (Phi) is 4.59. The second-order valence-corrected chi connectivity index (χ2v) is 3.39. The van der Waals surface area contributed by atoms with Crippen LogP contribution >= 0.6 is 0 Å². The van der Waals surface area contributed by atoms with Gasteiger partial charge >= 0.3 is 11.9 Å². The summed E-state index contributed by atoms with van der Waals surface area (Å²) in [6.45, 7) is -0.0410. The van der Waals surface area contributed by atoms with Gasteiger partial charge in [0.05, 0.1) is 6.42 Å². The summed E-state index contributed by atoms with van der Waals surface area (Å²) in [7, 11) is 0. The maximum atomic E-state index is 13.4. The number of carboxylic acids is 2. The second kappa shape index (κ2) is 5.95. The van der Waals surface area contributed by atoms with Gasteiger partial charge in [-0.1, -0.05) is 18.2 Å². The molecule has 0 aliphatic rings. The molecule has 0 aliphatic carbocycles. The summed E-state index contributed by atoms with van der Waals surface area (Å²) < 4.78 is 13.4. The fourth-order valence-electron chi connectivity index (χ4n) is 1.36. The lowest BCUT2D eigenvalue weighted by atomic mass is 10.1. The maximum absolute atomic E-state index is 13.4. The Bertz CT molecular complexity index is 422. The minimum Gasteiger partial charge on any atom is -0.481 e. The predicted molar refractivity (Wildman–Crippen MR) is 57.0 cm³/mol. The number of halogens is 1. The number of hydrogen-bond acceptors (Lipinski definition) is 3. The molecular formula is C11H12FNO4. The Balaban J connectivity index is 2.76. The Hall–Kier alpha value is -1.95. The zero-order chi connectivity index (χ0) is 12.8. The van der Waals surface area contributed by atoms with Crippen LogP contribution < -0.4 is 5.32 Å². The number of aliphatic carboxylic acids is 2. The highest BCUT2D eigenvalue weighted by atomic mass is 19.1. The molecule has 0 bridgehead atoms. The van der Waals surface area contributed by atoms with E-state index in [4.69, 9.17) is 10.2 Å². The number of benzene rings is 1.